The summed E-state index contributed by atoms with van der Waals surface area (Å²) in [5.74, 6) is 0. The normalized spacial score (nSPS) is 25.7. The molecule has 0 spiro atoms. The summed E-state index contributed by atoms with van der Waals surface area (Å²) in [7, 11) is 0. The van der Waals surface area contributed by atoms with E-state index in [0.717, 1.165) is 12.2 Å². The number of aliphatic hydroxyl groups is 1. The highest BCUT2D eigenvalue weighted by molar-refractivity contribution is 8.00. The number of benzene rings is 1. The minimum absolute atomic E-state index is 0.241. The molecule has 4 heteroatoms. The fourth-order valence-electron chi connectivity index (χ4n) is 1.67. The number of β-amino-alcohol motifs (C(OH)–C–C–N with tert-alkyl or cyclic N) is 1. The van der Waals surface area contributed by atoms with Crippen molar-refractivity contribution in [3.8, 4) is 0 Å². The van der Waals surface area contributed by atoms with Crippen LogP contribution in [0.1, 0.15) is 5.56 Å². The Morgan fingerprint density at radius 3 is 2.93 bits per heavy atom. The van der Waals surface area contributed by atoms with Crippen LogP contribution < -0.4 is 11.1 Å². The van der Waals surface area contributed by atoms with E-state index >= 15 is 0 Å². The first-order valence-corrected chi connectivity index (χ1v) is 5.96. The Kier molecular flexibility index (Phi) is 3.19. The van der Waals surface area contributed by atoms with Crippen molar-refractivity contribution in [3.63, 3.8) is 0 Å². The third-order valence-electron chi connectivity index (χ3n) is 2.62. The molecule has 0 amide bonds. The van der Waals surface area contributed by atoms with E-state index in [4.69, 9.17) is 5.73 Å². The van der Waals surface area contributed by atoms with E-state index in [1.54, 1.807) is 11.8 Å². The van der Waals surface area contributed by atoms with Crippen LogP contribution in [0.15, 0.2) is 23.1 Å². The molecule has 0 saturated carbocycles. The third-order valence-corrected chi connectivity index (χ3v) is 4.10. The molecule has 0 aliphatic carbocycles. The number of hydrogen-bond donors (Lipinski definition) is 3. The SMILES string of the molecule is Cc1ccc(N)cc1SC1CNCC1O. The number of thioether (sulfide) groups is 1. The molecule has 1 aliphatic heterocycles. The summed E-state index contributed by atoms with van der Waals surface area (Å²) in [4.78, 5) is 1.17. The standard InChI is InChI=1S/C11H16N2OS/c1-7-2-3-8(12)4-10(7)15-11-6-13-5-9(11)14/h2-4,9,11,13-14H,5-6,12H2,1H3. The highest BCUT2D eigenvalue weighted by Crippen LogP contribution is 2.31. The number of nitrogen functional groups attached to an aromatic ring is 1. The van der Waals surface area contributed by atoms with E-state index in [9.17, 15) is 5.11 Å². The van der Waals surface area contributed by atoms with Crippen LogP contribution in [0, 0.1) is 6.92 Å². The summed E-state index contributed by atoms with van der Waals surface area (Å²) < 4.78 is 0. The van der Waals surface area contributed by atoms with Crippen LogP contribution in [0.4, 0.5) is 5.69 Å². The molecule has 2 unspecified atom stereocenters. The van der Waals surface area contributed by atoms with E-state index < -0.39 is 0 Å². The molecule has 1 aromatic rings. The number of aliphatic hydroxyl groups excluding tert-OH is 1. The van der Waals surface area contributed by atoms with Gasteiger partial charge in [-0.2, -0.15) is 0 Å². The number of nitrogens with one attached hydrogen (secondary N) is 1. The summed E-state index contributed by atoms with van der Waals surface area (Å²) >= 11 is 1.71. The lowest BCUT2D eigenvalue weighted by atomic mass is 10.2. The van der Waals surface area contributed by atoms with Crippen LogP contribution in [0.3, 0.4) is 0 Å². The molecule has 1 fully saturated rings. The maximum absolute atomic E-state index is 9.70. The third kappa shape index (κ3) is 2.45. The molecule has 0 radical (unpaired) electrons. The lowest BCUT2D eigenvalue weighted by molar-refractivity contribution is 0.201. The van der Waals surface area contributed by atoms with Crippen molar-refractivity contribution in [2.24, 2.45) is 0 Å². The first-order chi connectivity index (χ1) is 7.16. The highest BCUT2D eigenvalue weighted by Gasteiger charge is 2.26. The van der Waals surface area contributed by atoms with E-state index in [-0.39, 0.29) is 11.4 Å². The lowest BCUT2D eigenvalue weighted by Crippen LogP contribution is -2.20. The largest absolute Gasteiger partial charge is 0.399 e. The molecule has 1 aromatic carbocycles. The molecule has 0 bridgehead atoms. The molecule has 82 valence electrons. The Labute approximate surface area is 94.1 Å². The van der Waals surface area contributed by atoms with E-state index in [0.29, 0.717) is 6.54 Å². The molecule has 3 nitrogen and oxygen atoms in total. The van der Waals surface area contributed by atoms with Gasteiger partial charge in [-0.15, -0.1) is 11.8 Å². The predicted octanol–water partition coefficient (Wildman–Crippen LogP) is 1.00. The zero-order valence-electron chi connectivity index (χ0n) is 8.73. The average Bonchev–Trinajstić information content (AvgIpc) is 2.58. The van der Waals surface area contributed by atoms with Crippen LogP contribution >= 0.6 is 11.8 Å². The number of hydrogen-bond acceptors (Lipinski definition) is 4. The van der Waals surface area contributed by atoms with E-state index in [2.05, 4.69) is 12.2 Å². The molecule has 2 rings (SSSR count). The van der Waals surface area contributed by atoms with E-state index in [1.165, 1.54) is 10.5 Å². The van der Waals surface area contributed by atoms with Gasteiger partial charge >= 0.3 is 0 Å². The van der Waals surface area contributed by atoms with Crippen LogP contribution in [-0.4, -0.2) is 29.5 Å². The maximum Gasteiger partial charge on any atom is 0.0798 e. The first kappa shape index (κ1) is 10.8. The van der Waals surface area contributed by atoms with Gasteiger partial charge in [0.05, 0.1) is 6.10 Å². The smallest absolute Gasteiger partial charge is 0.0798 e. The maximum atomic E-state index is 9.70. The molecule has 4 N–H and O–H groups in total. The Hall–Kier alpha value is -0.710. The van der Waals surface area contributed by atoms with Gasteiger partial charge in [0.15, 0.2) is 0 Å². The zero-order valence-corrected chi connectivity index (χ0v) is 9.55. The van der Waals surface area contributed by atoms with Crippen molar-refractivity contribution in [2.75, 3.05) is 18.8 Å². The average molecular weight is 224 g/mol. The quantitative estimate of drug-likeness (QED) is 0.656. The number of nitrogens with two attached hydrogens (primary N) is 1. The van der Waals surface area contributed by atoms with E-state index in [1.807, 2.05) is 18.2 Å². The van der Waals surface area contributed by atoms with Crippen molar-refractivity contribution < 1.29 is 5.11 Å². The predicted molar refractivity (Wildman–Crippen MR) is 64.1 cm³/mol. The van der Waals surface area contributed by atoms with Gasteiger partial charge in [0.2, 0.25) is 0 Å². The second kappa shape index (κ2) is 4.43. The van der Waals surface area contributed by atoms with Crippen molar-refractivity contribution in [1.82, 2.24) is 5.32 Å². The number of aryl methyl sites for hydroxylation is 1. The second-order valence-electron chi connectivity index (χ2n) is 3.91. The van der Waals surface area contributed by atoms with Gasteiger partial charge in [0, 0.05) is 28.9 Å². The summed E-state index contributed by atoms with van der Waals surface area (Å²) in [6.45, 7) is 3.62. The summed E-state index contributed by atoms with van der Waals surface area (Å²) in [6.07, 6.45) is -0.254. The fourth-order valence-corrected chi connectivity index (χ4v) is 2.91. The molecule has 1 aliphatic rings. The lowest BCUT2D eigenvalue weighted by Gasteiger charge is -2.14. The molecule has 2 atom stereocenters. The minimum atomic E-state index is -0.254. The van der Waals surface area contributed by atoms with Crippen LogP contribution in [0.2, 0.25) is 0 Å². The fraction of sp³-hybridized carbons (Fsp3) is 0.455. The highest BCUT2D eigenvalue weighted by atomic mass is 32.2. The van der Waals surface area contributed by atoms with Crippen molar-refractivity contribution in [3.05, 3.63) is 23.8 Å². The van der Waals surface area contributed by atoms with Crippen LogP contribution in [0.5, 0.6) is 0 Å². The second-order valence-corrected chi connectivity index (χ2v) is 5.19. The molecule has 15 heavy (non-hydrogen) atoms. The molecule has 0 aromatic heterocycles. The monoisotopic (exact) mass is 224 g/mol. The molecule has 1 saturated heterocycles. The Bertz CT molecular complexity index is 356. The summed E-state index contributed by atoms with van der Waals surface area (Å²) in [5, 5.41) is 13.1. The Morgan fingerprint density at radius 1 is 1.47 bits per heavy atom. The van der Waals surface area contributed by atoms with Crippen LogP contribution in [0.25, 0.3) is 0 Å². The van der Waals surface area contributed by atoms with Crippen molar-refractivity contribution in [2.45, 2.75) is 23.2 Å². The summed E-state index contributed by atoms with van der Waals surface area (Å²) in [5.41, 5.74) is 7.74. The molecular formula is C11H16N2OS. The zero-order chi connectivity index (χ0) is 10.8. The van der Waals surface area contributed by atoms with Crippen LogP contribution in [-0.2, 0) is 0 Å². The van der Waals surface area contributed by atoms with Crippen molar-refractivity contribution >= 4 is 17.4 Å². The van der Waals surface area contributed by atoms with Gasteiger partial charge in [-0.25, -0.2) is 0 Å². The van der Waals surface area contributed by atoms with Gasteiger partial charge in [0.25, 0.3) is 0 Å². The molecule has 1 heterocycles. The van der Waals surface area contributed by atoms with Gasteiger partial charge in [0.1, 0.15) is 0 Å². The Morgan fingerprint density at radius 2 is 2.27 bits per heavy atom. The van der Waals surface area contributed by atoms with Gasteiger partial charge in [-0.1, -0.05) is 6.07 Å². The minimum Gasteiger partial charge on any atom is -0.399 e. The molecular weight excluding hydrogens is 208 g/mol. The Balaban J connectivity index is 2.12. The number of anilines is 1. The first-order valence-electron chi connectivity index (χ1n) is 5.08. The van der Waals surface area contributed by atoms with Gasteiger partial charge in [-0.3, -0.25) is 0 Å². The van der Waals surface area contributed by atoms with Crippen molar-refractivity contribution in [1.29, 1.82) is 0 Å². The van der Waals surface area contributed by atoms with Gasteiger partial charge < -0.3 is 16.2 Å². The topological polar surface area (TPSA) is 58.3 Å². The number of rotatable bonds is 2. The van der Waals surface area contributed by atoms with Gasteiger partial charge in [-0.05, 0) is 24.6 Å². The summed E-state index contributed by atoms with van der Waals surface area (Å²) in [6, 6.07) is 5.90.